The predicted molar refractivity (Wildman–Crippen MR) is 49.2 cm³/mol. The van der Waals surface area contributed by atoms with Gasteiger partial charge < -0.3 is 4.74 Å². The molecule has 1 fully saturated rings. The number of morpholine rings is 1. The summed E-state index contributed by atoms with van der Waals surface area (Å²) in [5.41, 5.74) is 0. The summed E-state index contributed by atoms with van der Waals surface area (Å²) in [5, 5.41) is 5.04. The molecule has 0 bridgehead atoms. The summed E-state index contributed by atoms with van der Waals surface area (Å²) in [4.78, 5) is 0. The summed E-state index contributed by atoms with van der Waals surface area (Å²) < 4.78 is 28.6. The second-order valence-electron chi connectivity index (χ2n) is 2.91. The Labute approximate surface area is 78.3 Å². The molecule has 0 spiro atoms. The van der Waals surface area contributed by atoms with Gasteiger partial charge in [0.2, 0.25) is 0 Å². The standard InChI is InChI=1S/C7H14N2O3S/c1-2-3-7-6-12-5-4-9(7)13(8,10)11/h2,7H,1,3-6H2,(H2,8,10,11)/t7-/m1/s1. The molecule has 76 valence electrons. The summed E-state index contributed by atoms with van der Waals surface area (Å²) in [6.07, 6.45) is 2.23. The minimum absolute atomic E-state index is 0.193. The molecule has 0 saturated carbocycles. The molecule has 0 radical (unpaired) electrons. The van der Waals surface area contributed by atoms with E-state index < -0.39 is 10.2 Å². The van der Waals surface area contributed by atoms with Gasteiger partial charge in [0.15, 0.2) is 0 Å². The van der Waals surface area contributed by atoms with Crippen LogP contribution in [0.4, 0.5) is 0 Å². The van der Waals surface area contributed by atoms with E-state index in [9.17, 15) is 8.42 Å². The topological polar surface area (TPSA) is 72.6 Å². The van der Waals surface area contributed by atoms with E-state index in [0.717, 1.165) is 0 Å². The van der Waals surface area contributed by atoms with E-state index >= 15 is 0 Å². The molecule has 5 nitrogen and oxygen atoms in total. The summed E-state index contributed by atoms with van der Waals surface area (Å²) in [5.74, 6) is 0. The van der Waals surface area contributed by atoms with Gasteiger partial charge in [-0.05, 0) is 6.42 Å². The average molecular weight is 206 g/mol. The lowest BCUT2D eigenvalue weighted by Gasteiger charge is -2.32. The molecule has 1 atom stereocenters. The molecule has 0 unspecified atom stereocenters. The third kappa shape index (κ3) is 2.77. The number of nitrogens with zero attached hydrogens (tertiary/aromatic N) is 1. The second kappa shape index (κ2) is 4.19. The van der Waals surface area contributed by atoms with E-state index in [1.165, 1.54) is 4.31 Å². The lowest BCUT2D eigenvalue weighted by Crippen LogP contribution is -2.50. The Morgan fingerprint density at radius 1 is 1.69 bits per heavy atom. The first kappa shape index (κ1) is 10.6. The number of hydrogen-bond acceptors (Lipinski definition) is 3. The first-order valence-electron chi connectivity index (χ1n) is 4.04. The average Bonchev–Trinajstić information content (AvgIpc) is 2.04. The molecule has 1 aliphatic rings. The predicted octanol–water partition coefficient (Wildman–Crippen LogP) is -0.533. The van der Waals surface area contributed by atoms with Crippen LogP contribution in [0.25, 0.3) is 0 Å². The van der Waals surface area contributed by atoms with Gasteiger partial charge >= 0.3 is 0 Å². The molecule has 13 heavy (non-hydrogen) atoms. The van der Waals surface area contributed by atoms with Crippen LogP contribution in [-0.2, 0) is 14.9 Å². The fraction of sp³-hybridized carbons (Fsp3) is 0.714. The third-order valence-corrected chi connectivity index (χ3v) is 3.07. The van der Waals surface area contributed by atoms with Crippen molar-refractivity contribution in [1.82, 2.24) is 4.31 Å². The molecule has 1 heterocycles. The zero-order valence-corrected chi connectivity index (χ0v) is 8.16. The van der Waals surface area contributed by atoms with E-state index in [1.807, 2.05) is 0 Å². The lowest BCUT2D eigenvalue weighted by molar-refractivity contribution is 0.0338. The van der Waals surface area contributed by atoms with Gasteiger partial charge in [-0.15, -0.1) is 6.58 Å². The molecule has 2 N–H and O–H groups in total. The highest BCUT2D eigenvalue weighted by Crippen LogP contribution is 2.12. The van der Waals surface area contributed by atoms with Crippen molar-refractivity contribution < 1.29 is 13.2 Å². The van der Waals surface area contributed by atoms with E-state index in [1.54, 1.807) is 6.08 Å². The van der Waals surface area contributed by atoms with E-state index in [0.29, 0.717) is 26.2 Å². The van der Waals surface area contributed by atoms with Gasteiger partial charge in [0, 0.05) is 6.54 Å². The molecule has 0 aromatic rings. The van der Waals surface area contributed by atoms with E-state index in [-0.39, 0.29) is 6.04 Å². The van der Waals surface area contributed by atoms with Crippen molar-refractivity contribution in [1.29, 1.82) is 0 Å². The van der Waals surface area contributed by atoms with Gasteiger partial charge in [0.1, 0.15) is 0 Å². The highest BCUT2D eigenvalue weighted by atomic mass is 32.2. The van der Waals surface area contributed by atoms with E-state index in [4.69, 9.17) is 9.88 Å². The molecule has 1 saturated heterocycles. The molecular weight excluding hydrogens is 192 g/mol. The third-order valence-electron chi connectivity index (χ3n) is 1.94. The summed E-state index contributed by atoms with van der Waals surface area (Å²) in [6, 6.07) is -0.193. The minimum Gasteiger partial charge on any atom is -0.378 e. The second-order valence-corrected chi connectivity index (χ2v) is 4.41. The van der Waals surface area contributed by atoms with Gasteiger partial charge in [-0.2, -0.15) is 12.7 Å². The Hall–Kier alpha value is -0.430. The molecular formula is C7H14N2O3S. The zero-order valence-electron chi connectivity index (χ0n) is 7.35. The van der Waals surface area contributed by atoms with Gasteiger partial charge in [-0.25, -0.2) is 5.14 Å². The van der Waals surface area contributed by atoms with Crippen LogP contribution in [0.5, 0.6) is 0 Å². The maximum Gasteiger partial charge on any atom is 0.277 e. The highest BCUT2D eigenvalue weighted by molar-refractivity contribution is 7.86. The molecule has 0 amide bonds. The Morgan fingerprint density at radius 2 is 2.38 bits per heavy atom. The van der Waals surface area contributed by atoms with Crippen molar-refractivity contribution in [3.8, 4) is 0 Å². The fourth-order valence-electron chi connectivity index (χ4n) is 1.35. The van der Waals surface area contributed by atoms with Crippen LogP contribution in [0.2, 0.25) is 0 Å². The lowest BCUT2D eigenvalue weighted by atomic mass is 10.2. The van der Waals surface area contributed by atoms with Gasteiger partial charge in [-0.1, -0.05) is 6.08 Å². The number of hydrogen-bond donors (Lipinski definition) is 1. The minimum atomic E-state index is -3.59. The highest BCUT2D eigenvalue weighted by Gasteiger charge is 2.29. The maximum absolute atomic E-state index is 11.1. The fourth-order valence-corrected chi connectivity index (χ4v) is 2.24. The van der Waals surface area contributed by atoms with Crippen molar-refractivity contribution >= 4 is 10.2 Å². The molecule has 1 aliphatic heterocycles. The van der Waals surface area contributed by atoms with Crippen LogP contribution in [0.15, 0.2) is 12.7 Å². The summed E-state index contributed by atoms with van der Waals surface area (Å²) in [7, 11) is -3.59. The Morgan fingerprint density at radius 3 is 2.92 bits per heavy atom. The molecule has 0 aliphatic carbocycles. The molecule has 1 rings (SSSR count). The Balaban J connectivity index is 2.73. The van der Waals surface area contributed by atoms with Crippen molar-refractivity contribution in [3.63, 3.8) is 0 Å². The molecule has 6 heteroatoms. The van der Waals surface area contributed by atoms with Crippen molar-refractivity contribution in [2.75, 3.05) is 19.8 Å². The Kier molecular flexibility index (Phi) is 3.43. The number of ether oxygens (including phenoxy) is 1. The first-order chi connectivity index (χ1) is 6.05. The molecule has 0 aromatic heterocycles. The van der Waals surface area contributed by atoms with Crippen molar-refractivity contribution in [2.24, 2.45) is 5.14 Å². The zero-order chi connectivity index (χ0) is 9.90. The maximum atomic E-state index is 11.1. The number of rotatable bonds is 3. The first-order valence-corrected chi connectivity index (χ1v) is 5.54. The number of nitrogens with two attached hydrogens (primary N) is 1. The van der Waals surface area contributed by atoms with Crippen LogP contribution >= 0.6 is 0 Å². The van der Waals surface area contributed by atoms with Gasteiger partial charge in [-0.3, -0.25) is 0 Å². The largest absolute Gasteiger partial charge is 0.378 e. The van der Waals surface area contributed by atoms with Crippen LogP contribution in [0.1, 0.15) is 6.42 Å². The van der Waals surface area contributed by atoms with Gasteiger partial charge in [0.05, 0.1) is 19.3 Å². The SMILES string of the molecule is C=CC[C@@H]1COCCN1S(N)(=O)=O. The van der Waals surface area contributed by atoms with E-state index in [2.05, 4.69) is 6.58 Å². The molecule has 0 aromatic carbocycles. The van der Waals surface area contributed by atoms with Crippen molar-refractivity contribution in [2.45, 2.75) is 12.5 Å². The van der Waals surface area contributed by atoms with Crippen molar-refractivity contribution in [3.05, 3.63) is 12.7 Å². The Bertz CT molecular complexity index is 275. The summed E-state index contributed by atoms with van der Waals surface area (Å²) >= 11 is 0. The van der Waals surface area contributed by atoms with Gasteiger partial charge in [0.25, 0.3) is 10.2 Å². The van der Waals surface area contributed by atoms with Crippen LogP contribution in [0.3, 0.4) is 0 Å². The monoisotopic (exact) mass is 206 g/mol. The summed E-state index contributed by atoms with van der Waals surface area (Å²) in [6.45, 7) is 4.68. The smallest absolute Gasteiger partial charge is 0.277 e. The van der Waals surface area contributed by atoms with Crippen LogP contribution in [0, 0.1) is 0 Å². The van der Waals surface area contributed by atoms with Crippen LogP contribution < -0.4 is 5.14 Å². The quantitative estimate of drug-likeness (QED) is 0.631. The van der Waals surface area contributed by atoms with Crippen LogP contribution in [-0.4, -0.2) is 38.5 Å². The normalized spacial score (nSPS) is 25.8.